The van der Waals surface area contributed by atoms with Crippen molar-refractivity contribution >= 4 is 0 Å². The minimum absolute atomic E-state index is 0.664. The van der Waals surface area contributed by atoms with Crippen molar-refractivity contribution in [3.8, 4) is 0 Å². The minimum Gasteiger partial charge on any atom is -0.245 e. The molecule has 0 aliphatic carbocycles. The third kappa shape index (κ3) is 2.32. The Balaban J connectivity index is 3.33. The molecule has 0 saturated carbocycles. The van der Waals surface area contributed by atoms with E-state index in [9.17, 15) is 0 Å². The number of rotatable bonds is 2. The zero-order valence-electron chi connectivity index (χ0n) is 5.36. The monoisotopic (exact) mass is 97.1 g/mol. The standard InChI is InChI=1S/C7H13/c1-5-7(4)6(2)3/h5-6H,1H2,2-4H3/q-1. The van der Waals surface area contributed by atoms with Gasteiger partial charge in [-0.25, -0.2) is 18.6 Å². The van der Waals surface area contributed by atoms with Crippen LogP contribution in [0.5, 0.6) is 0 Å². The van der Waals surface area contributed by atoms with E-state index in [2.05, 4.69) is 27.4 Å². The van der Waals surface area contributed by atoms with Crippen molar-refractivity contribution in [1.29, 1.82) is 0 Å². The van der Waals surface area contributed by atoms with E-state index in [1.807, 2.05) is 6.08 Å². The van der Waals surface area contributed by atoms with Gasteiger partial charge in [0.15, 0.2) is 0 Å². The van der Waals surface area contributed by atoms with Crippen LogP contribution in [-0.4, -0.2) is 0 Å². The van der Waals surface area contributed by atoms with Crippen LogP contribution in [0.15, 0.2) is 12.7 Å². The average molecular weight is 97.2 g/mol. The predicted molar refractivity (Wildman–Crippen MR) is 34.0 cm³/mol. The van der Waals surface area contributed by atoms with Crippen molar-refractivity contribution in [1.82, 2.24) is 0 Å². The Kier molecular flexibility index (Phi) is 2.58. The molecule has 0 nitrogen and oxygen atoms in total. The summed E-state index contributed by atoms with van der Waals surface area (Å²) in [4.78, 5) is 0. The van der Waals surface area contributed by atoms with Crippen molar-refractivity contribution in [3.05, 3.63) is 18.6 Å². The first-order valence-electron chi connectivity index (χ1n) is 2.64. The molecule has 42 valence electrons. The van der Waals surface area contributed by atoms with E-state index >= 15 is 0 Å². The number of hydrogen-bond donors (Lipinski definition) is 0. The summed E-state index contributed by atoms with van der Waals surface area (Å²) in [6.45, 7) is 10.1. The first kappa shape index (κ1) is 6.61. The molecule has 0 saturated heterocycles. The Labute approximate surface area is 46.2 Å². The van der Waals surface area contributed by atoms with Crippen molar-refractivity contribution in [2.24, 2.45) is 5.92 Å². The van der Waals surface area contributed by atoms with E-state index in [0.717, 1.165) is 0 Å². The van der Waals surface area contributed by atoms with Crippen LogP contribution >= 0.6 is 0 Å². The third-order valence-electron chi connectivity index (χ3n) is 1.23. The van der Waals surface area contributed by atoms with Gasteiger partial charge in [0.1, 0.15) is 0 Å². The second-order valence-corrected chi connectivity index (χ2v) is 2.10. The van der Waals surface area contributed by atoms with Gasteiger partial charge in [-0.05, 0) is 0 Å². The fraction of sp³-hybridized carbons (Fsp3) is 0.571. The van der Waals surface area contributed by atoms with Gasteiger partial charge < -0.3 is 0 Å². The molecule has 0 aliphatic heterocycles. The summed E-state index contributed by atoms with van der Waals surface area (Å²) in [5.41, 5.74) is 0. The van der Waals surface area contributed by atoms with Gasteiger partial charge in [-0.3, -0.25) is 0 Å². The molecule has 0 rings (SSSR count). The highest BCUT2D eigenvalue weighted by molar-refractivity contribution is 5.03. The normalized spacial score (nSPS) is 9.14. The second-order valence-electron chi connectivity index (χ2n) is 2.10. The van der Waals surface area contributed by atoms with Gasteiger partial charge in [0.25, 0.3) is 0 Å². The molecule has 7 heavy (non-hydrogen) atoms. The summed E-state index contributed by atoms with van der Waals surface area (Å²) in [5, 5.41) is 0. The highest BCUT2D eigenvalue weighted by Gasteiger charge is 1.88. The summed E-state index contributed by atoms with van der Waals surface area (Å²) >= 11 is 0. The van der Waals surface area contributed by atoms with E-state index in [1.54, 1.807) is 0 Å². The Bertz CT molecular complexity index is 53.1. The van der Waals surface area contributed by atoms with E-state index in [1.165, 1.54) is 5.92 Å². The van der Waals surface area contributed by atoms with E-state index in [4.69, 9.17) is 0 Å². The first-order valence-corrected chi connectivity index (χ1v) is 2.64. The molecule has 0 amide bonds. The number of hydrogen-bond acceptors (Lipinski definition) is 0. The highest BCUT2D eigenvalue weighted by atomic mass is 14.0. The lowest BCUT2D eigenvalue weighted by Gasteiger charge is -2.18. The Morgan fingerprint density at radius 2 is 2.00 bits per heavy atom. The van der Waals surface area contributed by atoms with Crippen molar-refractivity contribution in [3.63, 3.8) is 0 Å². The lowest BCUT2D eigenvalue weighted by molar-refractivity contribution is 0.702. The molecule has 0 fully saturated rings. The Morgan fingerprint density at radius 1 is 1.57 bits per heavy atom. The molecule has 0 aromatic heterocycles. The average Bonchev–Trinajstić information content (AvgIpc) is 1.65. The minimum atomic E-state index is 0.664. The van der Waals surface area contributed by atoms with Crippen LogP contribution < -0.4 is 0 Å². The second kappa shape index (κ2) is 2.73. The molecule has 0 radical (unpaired) electrons. The maximum absolute atomic E-state index is 3.64. The molecule has 0 spiro atoms. The first-order chi connectivity index (χ1) is 3.18. The summed E-state index contributed by atoms with van der Waals surface area (Å²) in [5.74, 6) is 2.03. The van der Waals surface area contributed by atoms with Crippen LogP contribution in [0.3, 0.4) is 0 Å². The summed E-state index contributed by atoms with van der Waals surface area (Å²) in [7, 11) is 0. The SMILES string of the molecule is C=C[C-](C)C(C)C. The van der Waals surface area contributed by atoms with Crippen LogP contribution in [0.2, 0.25) is 0 Å². The van der Waals surface area contributed by atoms with Crippen molar-refractivity contribution in [2.75, 3.05) is 0 Å². The van der Waals surface area contributed by atoms with E-state index in [0.29, 0.717) is 5.92 Å². The van der Waals surface area contributed by atoms with Crippen molar-refractivity contribution < 1.29 is 0 Å². The van der Waals surface area contributed by atoms with Gasteiger partial charge in [0.05, 0.1) is 0 Å². The molecule has 0 bridgehead atoms. The molecule has 0 aromatic rings. The maximum atomic E-state index is 3.64. The molecule has 0 unspecified atom stereocenters. The van der Waals surface area contributed by atoms with Gasteiger partial charge in [0, 0.05) is 0 Å². The van der Waals surface area contributed by atoms with Crippen LogP contribution in [0.1, 0.15) is 20.8 Å². The molecular formula is C7H13-. The quantitative estimate of drug-likeness (QED) is 0.464. The third-order valence-corrected chi connectivity index (χ3v) is 1.23. The van der Waals surface area contributed by atoms with Gasteiger partial charge in [-0.15, -0.1) is 6.92 Å². The van der Waals surface area contributed by atoms with Gasteiger partial charge in [0.2, 0.25) is 0 Å². The smallest absolute Gasteiger partial charge is 0.0745 e. The maximum Gasteiger partial charge on any atom is -0.0745 e. The molecule has 0 N–H and O–H groups in total. The number of allylic oxidation sites excluding steroid dienone is 1. The molecule has 0 heterocycles. The predicted octanol–water partition coefficient (Wildman–Crippen LogP) is 2.42. The van der Waals surface area contributed by atoms with Crippen LogP contribution in [0.25, 0.3) is 0 Å². The lowest BCUT2D eigenvalue weighted by Crippen LogP contribution is -1.94. The largest absolute Gasteiger partial charge is 0.245 e. The highest BCUT2D eigenvalue weighted by Crippen LogP contribution is 2.11. The fourth-order valence-corrected chi connectivity index (χ4v) is 0.236. The summed E-state index contributed by atoms with van der Waals surface area (Å²) < 4.78 is 0. The van der Waals surface area contributed by atoms with Crippen molar-refractivity contribution in [2.45, 2.75) is 20.8 Å². The molecule has 0 heteroatoms. The van der Waals surface area contributed by atoms with Crippen LogP contribution in [-0.2, 0) is 0 Å². The van der Waals surface area contributed by atoms with Gasteiger partial charge in [-0.2, -0.15) is 0 Å². The molecular weight excluding hydrogens is 84.1 g/mol. The van der Waals surface area contributed by atoms with E-state index < -0.39 is 0 Å². The lowest BCUT2D eigenvalue weighted by atomic mass is 9.99. The summed E-state index contributed by atoms with van der Waals surface area (Å²) in [6.07, 6.45) is 1.91. The Hall–Kier alpha value is -0.390. The van der Waals surface area contributed by atoms with E-state index in [-0.39, 0.29) is 0 Å². The molecule has 0 aliphatic rings. The molecule has 0 atom stereocenters. The Morgan fingerprint density at radius 3 is 2.00 bits per heavy atom. The zero-order chi connectivity index (χ0) is 5.86. The molecule has 0 aromatic carbocycles. The zero-order valence-corrected chi connectivity index (χ0v) is 5.36. The van der Waals surface area contributed by atoms with Gasteiger partial charge >= 0.3 is 0 Å². The topological polar surface area (TPSA) is 0 Å². The van der Waals surface area contributed by atoms with Gasteiger partial charge in [-0.1, -0.05) is 19.8 Å². The fourth-order valence-electron chi connectivity index (χ4n) is 0.236. The van der Waals surface area contributed by atoms with Crippen LogP contribution in [0, 0.1) is 11.8 Å². The summed E-state index contributed by atoms with van der Waals surface area (Å²) in [6, 6.07) is 0. The van der Waals surface area contributed by atoms with Crippen LogP contribution in [0.4, 0.5) is 0 Å².